The summed E-state index contributed by atoms with van der Waals surface area (Å²) >= 11 is 0. The summed E-state index contributed by atoms with van der Waals surface area (Å²) in [5.41, 5.74) is 3.02. The van der Waals surface area contributed by atoms with Crippen molar-refractivity contribution in [2.24, 2.45) is 0 Å². The first kappa shape index (κ1) is 27.1. The van der Waals surface area contributed by atoms with Gasteiger partial charge in [-0.2, -0.15) is 30.2 Å². The van der Waals surface area contributed by atoms with Crippen LogP contribution in [-0.2, 0) is 10.2 Å². The van der Waals surface area contributed by atoms with Gasteiger partial charge in [-0.25, -0.2) is 4.39 Å². The predicted octanol–water partition coefficient (Wildman–Crippen LogP) is 4.29. The molecule has 0 amide bonds. The Balaban J connectivity index is 1.98. The highest BCUT2D eigenvalue weighted by Crippen LogP contribution is 2.34. The van der Waals surface area contributed by atoms with Crippen LogP contribution in [0, 0.1) is 18.2 Å². The van der Waals surface area contributed by atoms with Gasteiger partial charge in [-0.15, -0.1) is 0 Å². The fourth-order valence-electron chi connectivity index (χ4n) is 4.09. The van der Waals surface area contributed by atoms with Gasteiger partial charge in [0.1, 0.15) is 5.82 Å². The highest BCUT2D eigenvalue weighted by molar-refractivity contribution is 7.86. The third-order valence-corrected chi connectivity index (χ3v) is 7.91. The van der Waals surface area contributed by atoms with Gasteiger partial charge in [0.05, 0.1) is 6.42 Å². The number of nitrogens with one attached hydrogen (secondary N) is 2. The third-order valence-electron chi connectivity index (χ3n) is 6.00. The minimum absolute atomic E-state index is 0.0125. The lowest BCUT2D eigenvalue weighted by molar-refractivity contribution is -0.140. The summed E-state index contributed by atoms with van der Waals surface area (Å²) < 4.78 is 80.1. The van der Waals surface area contributed by atoms with Crippen molar-refractivity contribution in [3.05, 3.63) is 58.9 Å². The summed E-state index contributed by atoms with van der Waals surface area (Å²) in [5, 5.41) is 11.0. The van der Waals surface area contributed by atoms with Crippen molar-refractivity contribution in [3.8, 4) is 0 Å². The molecule has 1 heterocycles. The standard InChI is InChI=1S/C23H29F4N5O2S/c1-16-12-21(29-19-6-4-18(24)5-7-19)17(14-28)13-20(16)22-15-32(35(33,34)30(2)3)11-10-31(22)9-8-23(25,26)27/h4-7,12-14,22,28-29H,8-11,15H2,1-3H3/t22-/m0/s1. The van der Waals surface area contributed by atoms with Crippen molar-refractivity contribution in [3.63, 3.8) is 0 Å². The second kappa shape index (κ2) is 10.6. The Morgan fingerprint density at radius 2 is 1.83 bits per heavy atom. The zero-order valence-corrected chi connectivity index (χ0v) is 20.5. The van der Waals surface area contributed by atoms with Gasteiger partial charge < -0.3 is 10.7 Å². The van der Waals surface area contributed by atoms with Crippen molar-refractivity contribution in [1.29, 1.82) is 5.41 Å². The first-order valence-electron chi connectivity index (χ1n) is 11.0. The Morgan fingerprint density at radius 1 is 1.17 bits per heavy atom. The van der Waals surface area contributed by atoms with E-state index in [0.29, 0.717) is 22.5 Å². The summed E-state index contributed by atoms with van der Waals surface area (Å²) in [7, 11) is -0.936. The number of hydrogen-bond donors (Lipinski definition) is 2. The predicted molar refractivity (Wildman–Crippen MR) is 128 cm³/mol. The number of benzene rings is 2. The Labute approximate surface area is 203 Å². The van der Waals surface area contributed by atoms with Crippen LogP contribution in [0.1, 0.15) is 29.2 Å². The molecule has 0 bridgehead atoms. The van der Waals surface area contributed by atoms with Gasteiger partial charge in [0.2, 0.25) is 0 Å². The largest absolute Gasteiger partial charge is 0.390 e. The van der Waals surface area contributed by atoms with Crippen molar-refractivity contribution >= 4 is 27.8 Å². The molecule has 3 rings (SSSR count). The number of anilines is 2. The summed E-state index contributed by atoms with van der Waals surface area (Å²) in [4.78, 5) is 1.65. The molecular weight excluding hydrogens is 486 g/mol. The summed E-state index contributed by atoms with van der Waals surface area (Å²) in [6, 6.07) is 8.54. The van der Waals surface area contributed by atoms with E-state index in [9.17, 15) is 26.0 Å². The summed E-state index contributed by atoms with van der Waals surface area (Å²) in [6.45, 7) is 1.74. The lowest BCUT2D eigenvalue weighted by atomic mass is 9.94. The highest BCUT2D eigenvalue weighted by Gasteiger charge is 2.38. The zero-order chi connectivity index (χ0) is 26.0. The van der Waals surface area contributed by atoms with Crippen LogP contribution in [0.25, 0.3) is 0 Å². The molecule has 0 unspecified atom stereocenters. The average molecular weight is 516 g/mol. The fourth-order valence-corrected chi connectivity index (χ4v) is 5.19. The van der Waals surface area contributed by atoms with Gasteiger partial charge >= 0.3 is 6.18 Å². The number of hydrogen-bond acceptors (Lipinski definition) is 5. The monoisotopic (exact) mass is 515 g/mol. The Kier molecular flexibility index (Phi) is 8.20. The minimum Gasteiger partial charge on any atom is -0.355 e. The van der Waals surface area contributed by atoms with E-state index in [1.54, 1.807) is 36.1 Å². The van der Waals surface area contributed by atoms with Crippen molar-refractivity contribution in [2.75, 3.05) is 45.6 Å². The SMILES string of the molecule is Cc1cc(Nc2ccc(F)cc2)c(C=N)cc1[C@@H]1CN(S(=O)(=O)N(C)C)CCN1CCC(F)(F)F. The van der Waals surface area contributed by atoms with Crippen LogP contribution >= 0.6 is 0 Å². The van der Waals surface area contributed by atoms with Crippen LogP contribution in [0.3, 0.4) is 0 Å². The van der Waals surface area contributed by atoms with Gasteiger partial charge in [0, 0.05) is 69.5 Å². The van der Waals surface area contributed by atoms with Gasteiger partial charge in [-0.3, -0.25) is 4.90 Å². The average Bonchev–Trinajstić information content (AvgIpc) is 2.78. The second-order valence-electron chi connectivity index (χ2n) is 8.64. The van der Waals surface area contributed by atoms with E-state index < -0.39 is 28.8 Å². The molecule has 2 N–H and O–H groups in total. The summed E-state index contributed by atoms with van der Waals surface area (Å²) in [5.74, 6) is -0.386. The van der Waals surface area contributed by atoms with Crippen LogP contribution in [0.15, 0.2) is 36.4 Å². The van der Waals surface area contributed by atoms with Crippen LogP contribution in [0.4, 0.5) is 28.9 Å². The van der Waals surface area contributed by atoms with Gasteiger partial charge in [-0.1, -0.05) is 0 Å². The van der Waals surface area contributed by atoms with Crippen molar-refractivity contribution < 1.29 is 26.0 Å². The zero-order valence-electron chi connectivity index (χ0n) is 19.7. The molecule has 0 saturated carbocycles. The maximum Gasteiger partial charge on any atom is 0.390 e. The number of nitrogens with zero attached hydrogens (tertiary/aromatic N) is 3. The van der Waals surface area contributed by atoms with Gasteiger partial charge in [-0.05, 0) is 54.4 Å². The number of halogens is 4. The molecule has 1 atom stereocenters. The molecule has 7 nitrogen and oxygen atoms in total. The van der Waals surface area contributed by atoms with Crippen LogP contribution in [-0.4, -0.2) is 74.6 Å². The summed E-state index contributed by atoms with van der Waals surface area (Å²) in [6.07, 6.45) is -4.23. The minimum atomic E-state index is -4.34. The number of aryl methyl sites for hydroxylation is 1. The van der Waals surface area contributed by atoms with E-state index in [1.165, 1.54) is 30.5 Å². The second-order valence-corrected chi connectivity index (χ2v) is 10.8. The smallest absolute Gasteiger partial charge is 0.355 e. The molecule has 2 aromatic rings. The van der Waals surface area contributed by atoms with Crippen LogP contribution in [0.5, 0.6) is 0 Å². The molecule has 0 spiro atoms. The van der Waals surface area contributed by atoms with E-state index in [2.05, 4.69) is 5.32 Å². The van der Waals surface area contributed by atoms with E-state index >= 15 is 0 Å². The third kappa shape index (κ3) is 6.57. The van der Waals surface area contributed by atoms with E-state index in [0.717, 1.165) is 16.1 Å². The normalized spacial score (nSPS) is 18.1. The molecule has 0 aliphatic carbocycles. The molecule has 0 radical (unpaired) electrons. The molecule has 1 aliphatic heterocycles. The van der Waals surface area contributed by atoms with Crippen LogP contribution in [0.2, 0.25) is 0 Å². The maximum absolute atomic E-state index is 13.2. The van der Waals surface area contributed by atoms with Crippen molar-refractivity contribution in [2.45, 2.75) is 25.6 Å². The number of piperazine rings is 1. The Morgan fingerprint density at radius 3 is 2.40 bits per heavy atom. The first-order valence-corrected chi connectivity index (χ1v) is 12.4. The highest BCUT2D eigenvalue weighted by atomic mass is 32.2. The Bertz CT molecular complexity index is 1150. The van der Waals surface area contributed by atoms with E-state index in [4.69, 9.17) is 5.41 Å². The van der Waals surface area contributed by atoms with Crippen molar-refractivity contribution in [1.82, 2.24) is 13.5 Å². The first-order chi connectivity index (χ1) is 16.3. The van der Waals surface area contributed by atoms with E-state index in [-0.39, 0.29) is 32.0 Å². The van der Waals surface area contributed by atoms with Gasteiger partial charge in [0.25, 0.3) is 10.2 Å². The Hall–Kier alpha value is -2.54. The van der Waals surface area contributed by atoms with Crippen LogP contribution < -0.4 is 5.32 Å². The molecule has 2 aromatic carbocycles. The molecule has 12 heteroatoms. The maximum atomic E-state index is 13.2. The molecule has 0 aromatic heterocycles. The quantitative estimate of drug-likeness (QED) is 0.406. The molecule has 35 heavy (non-hydrogen) atoms. The molecule has 1 aliphatic rings. The molecule has 1 saturated heterocycles. The number of rotatable bonds is 8. The number of alkyl halides is 3. The van der Waals surface area contributed by atoms with Gasteiger partial charge in [0.15, 0.2) is 0 Å². The fraction of sp³-hybridized carbons (Fsp3) is 0.435. The van der Waals surface area contributed by atoms with E-state index in [1.807, 2.05) is 0 Å². The lowest BCUT2D eigenvalue weighted by Crippen LogP contribution is -2.53. The molecule has 192 valence electrons. The molecule has 1 fully saturated rings. The lowest BCUT2D eigenvalue weighted by Gasteiger charge is -2.42. The molecular formula is C23H29F4N5O2S. The topological polar surface area (TPSA) is 79.7 Å².